The molecule has 34 heavy (non-hydrogen) atoms. The second-order valence-corrected chi connectivity index (χ2v) is 9.34. The van der Waals surface area contributed by atoms with Crippen LogP contribution in [0, 0.1) is 0 Å². The van der Waals surface area contributed by atoms with Crippen molar-refractivity contribution in [2.45, 2.75) is 58.0 Å². The minimum atomic E-state index is -0.655. The molecular formula is C27H31NO6. The van der Waals surface area contributed by atoms with Crippen molar-refractivity contribution in [3.05, 3.63) is 59.7 Å². The average molecular weight is 466 g/mol. The third-order valence-electron chi connectivity index (χ3n) is 5.46. The summed E-state index contributed by atoms with van der Waals surface area (Å²) >= 11 is 0. The van der Waals surface area contributed by atoms with Gasteiger partial charge < -0.3 is 14.8 Å². The zero-order valence-electron chi connectivity index (χ0n) is 19.9. The molecule has 2 aromatic rings. The molecule has 0 saturated heterocycles. The molecule has 0 spiro atoms. The molecule has 0 saturated carbocycles. The summed E-state index contributed by atoms with van der Waals surface area (Å²) in [7, 11) is 0. The number of carbonyl (C=O) groups excluding carboxylic acids is 4. The van der Waals surface area contributed by atoms with Gasteiger partial charge in [-0.3, -0.25) is 14.4 Å². The highest BCUT2D eigenvalue weighted by molar-refractivity contribution is 5.97. The van der Waals surface area contributed by atoms with Crippen molar-refractivity contribution in [1.29, 1.82) is 0 Å². The zero-order chi connectivity index (χ0) is 24.7. The number of esters is 1. The number of amides is 1. The van der Waals surface area contributed by atoms with Crippen LogP contribution in [-0.2, 0) is 23.9 Å². The lowest BCUT2D eigenvalue weighted by molar-refractivity contribution is -0.156. The SMILES string of the molecule is CC(C)(C)OC(=O)CC(=O)CCC(=O)CCNC(=O)OCC1c2ccccc2-c2ccccc21. The Kier molecular flexibility index (Phi) is 8.21. The van der Waals surface area contributed by atoms with Crippen LogP contribution >= 0.6 is 0 Å². The maximum Gasteiger partial charge on any atom is 0.407 e. The van der Waals surface area contributed by atoms with Crippen LogP contribution in [0.1, 0.15) is 63.5 Å². The van der Waals surface area contributed by atoms with Crippen molar-refractivity contribution >= 4 is 23.6 Å². The Labute approximate surface area is 199 Å². The van der Waals surface area contributed by atoms with Gasteiger partial charge in [0.1, 0.15) is 30.2 Å². The van der Waals surface area contributed by atoms with Gasteiger partial charge in [0.25, 0.3) is 0 Å². The maximum absolute atomic E-state index is 12.2. The molecule has 7 nitrogen and oxygen atoms in total. The molecule has 1 amide bonds. The Hall–Kier alpha value is -3.48. The molecule has 3 rings (SSSR count). The van der Waals surface area contributed by atoms with Crippen molar-refractivity contribution in [3.8, 4) is 11.1 Å². The second kappa shape index (κ2) is 11.1. The van der Waals surface area contributed by atoms with E-state index in [4.69, 9.17) is 9.47 Å². The Morgan fingerprint density at radius 1 is 0.824 bits per heavy atom. The number of Topliss-reactive ketones (excluding diaryl/α,β-unsaturated/α-hetero) is 2. The molecule has 1 aliphatic rings. The first-order chi connectivity index (χ1) is 16.1. The number of hydrogen-bond donors (Lipinski definition) is 1. The fourth-order valence-corrected chi connectivity index (χ4v) is 3.98. The van der Waals surface area contributed by atoms with Crippen molar-refractivity contribution in [1.82, 2.24) is 5.32 Å². The lowest BCUT2D eigenvalue weighted by Gasteiger charge is -2.19. The Balaban J connectivity index is 1.36. The predicted molar refractivity (Wildman–Crippen MR) is 127 cm³/mol. The number of benzene rings is 2. The molecule has 1 N–H and O–H groups in total. The minimum absolute atomic E-state index is 0.0218. The first kappa shape index (κ1) is 25.1. The van der Waals surface area contributed by atoms with Crippen LogP contribution in [0.3, 0.4) is 0 Å². The first-order valence-corrected chi connectivity index (χ1v) is 11.5. The van der Waals surface area contributed by atoms with Crippen LogP contribution < -0.4 is 5.32 Å². The standard InChI is InChI=1S/C27H31NO6/c1-27(2,3)34-25(31)16-19(30)13-12-18(29)14-15-28-26(32)33-17-24-22-10-6-4-8-20(22)21-9-5-7-11-23(21)24/h4-11,24H,12-17H2,1-3H3,(H,28,32). The number of alkyl carbamates (subject to hydrolysis) is 1. The highest BCUT2D eigenvalue weighted by Crippen LogP contribution is 2.44. The molecule has 0 aliphatic heterocycles. The number of fused-ring (bicyclic) bond motifs is 3. The van der Waals surface area contributed by atoms with Gasteiger partial charge in [-0.25, -0.2) is 4.79 Å². The van der Waals surface area contributed by atoms with Crippen molar-refractivity contribution in [3.63, 3.8) is 0 Å². The molecule has 0 atom stereocenters. The van der Waals surface area contributed by atoms with Gasteiger partial charge in [-0.05, 0) is 43.0 Å². The lowest BCUT2D eigenvalue weighted by atomic mass is 9.98. The van der Waals surface area contributed by atoms with Gasteiger partial charge in [-0.15, -0.1) is 0 Å². The second-order valence-electron chi connectivity index (χ2n) is 9.34. The quantitative estimate of drug-likeness (QED) is 0.408. The van der Waals surface area contributed by atoms with Crippen LogP contribution in [0.4, 0.5) is 4.79 Å². The number of carbonyl (C=O) groups is 4. The topological polar surface area (TPSA) is 98.8 Å². The Morgan fingerprint density at radius 3 is 1.97 bits per heavy atom. The maximum atomic E-state index is 12.2. The molecule has 180 valence electrons. The molecule has 0 unspecified atom stereocenters. The number of nitrogens with one attached hydrogen (secondary N) is 1. The van der Waals surface area contributed by atoms with Crippen LogP contribution in [0.15, 0.2) is 48.5 Å². The number of rotatable bonds is 10. The number of hydrogen-bond acceptors (Lipinski definition) is 6. The summed E-state index contributed by atoms with van der Waals surface area (Å²) in [4.78, 5) is 47.7. The molecule has 2 aromatic carbocycles. The molecular weight excluding hydrogens is 434 g/mol. The molecule has 0 heterocycles. The Morgan fingerprint density at radius 2 is 1.38 bits per heavy atom. The van der Waals surface area contributed by atoms with Gasteiger partial charge in [0, 0.05) is 31.7 Å². The van der Waals surface area contributed by atoms with E-state index in [1.54, 1.807) is 20.8 Å². The first-order valence-electron chi connectivity index (χ1n) is 11.5. The van der Waals surface area contributed by atoms with Crippen LogP contribution in [-0.4, -0.2) is 42.4 Å². The minimum Gasteiger partial charge on any atom is -0.460 e. The zero-order valence-corrected chi connectivity index (χ0v) is 19.9. The number of ketones is 2. The van der Waals surface area contributed by atoms with Crippen LogP contribution in [0.25, 0.3) is 11.1 Å². The summed E-state index contributed by atoms with van der Waals surface area (Å²) in [6.07, 6.45) is -0.848. The van der Waals surface area contributed by atoms with E-state index in [2.05, 4.69) is 17.4 Å². The van der Waals surface area contributed by atoms with Gasteiger partial charge in [0.2, 0.25) is 0 Å². The van der Waals surface area contributed by atoms with Gasteiger partial charge in [-0.1, -0.05) is 48.5 Å². The van der Waals surface area contributed by atoms with E-state index < -0.39 is 17.7 Å². The van der Waals surface area contributed by atoms with Crippen molar-refractivity contribution < 1.29 is 28.7 Å². The summed E-state index contributed by atoms with van der Waals surface area (Å²) < 4.78 is 10.5. The highest BCUT2D eigenvalue weighted by atomic mass is 16.6. The smallest absolute Gasteiger partial charge is 0.407 e. The summed E-state index contributed by atoms with van der Waals surface area (Å²) in [5.74, 6) is -1.14. The van der Waals surface area contributed by atoms with E-state index in [0.29, 0.717) is 0 Å². The predicted octanol–water partition coefficient (Wildman–Crippen LogP) is 4.57. The summed E-state index contributed by atoms with van der Waals surface area (Å²) in [5, 5.41) is 2.59. The van der Waals surface area contributed by atoms with E-state index in [9.17, 15) is 19.2 Å². The van der Waals surface area contributed by atoms with Gasteiger partial charge in [0.05, 0.1) is 0 Å². The van der Waals surface area contributed by atoms with E-state index in [0.717, 1.165) is 22.3 Å². The highest BCUT2D eigenvalue weighted by Gasteiger charge is 2.29. The molecule has 1 aliphatic carbocycles. The van der Waals surface area contributed by atoms with Crippen LogP contribution in [0.5, 0.6) is 0 Å². The van der Waals surface area contributed by atoms with Gasteiger partial charge >= 0.3 is 12.1 Å². The van der Waals surface area contributed by atoms with Crippen LogP contribution in [0.2, 0.25) is 0 Å². The van der Waals surface area contributed by atoms with E-state index in [1.165, 1.54) is 0 Å². The largest absolute Gasteiger partial charge is 0.460 e. The molecule has 0 radical (unpaired) electrons. The van der Waals surface area contributed by atoms with E-state index >= 15 is 0 Å². The summed E-state index contributed by atoms with van der Waals surface area (Å²) in [6.45, 7) is 5.50. The van der Waals surface area contributed by atoms with Gasteiger partial charge in [0.15, 0.2) is 0 Å². The Bertz CT molecular complexity index is 1020. The summed E-state index contributed by atoms with van der Waals surface area (Å²) in [5.41, 5.74) is 3.90. The van der Waals surface area contributed by atoms with E-state index in [1.807, 2.05) is 36.4 Å². The molecule has 7 heteroatoms. The molecule has 0 fully saturated rings. The fraction of sp³-hybridized carbons (Fsp3) is 0.407. The normalized spacial score (nSPS) is 12.4. The third kappa shape index (κ3) is 7.01. The monoisotopic (exact) mass is 465 g/mol. The fourth-order valence-electron chi connectivity index (χ4n) is 3.98. The van der Waals surface area contributed by atoms with Crippen molar-refractivity contribution in [2.24, 2.45) is 0 Å². The third-order valence-corrected chi connectivity index (χ3v) is 5.46. The van der Waals surface area contributed by atoms with Crippen molar-refractivity contribution in [2.75, 3.05) is 13.2 Å². The number of ether oxygens (including phenoxy) is 2. The lowest BCUT2D eigenvalue weighted by Crippen LogP contribution is -2.28. The molecule has 0 aromatic heterocycles. The van der Waals surface area contributed by atoms with Gasteiger partial charge in [-0.2, -0.15) is 0 Å². The van der Waals surface area contributed by atoms with E-state index in [-0.39, 0.29) is 56.3 Å². The average Bonchev–Trinajstić information content (AvgIpc) is 3.09. The molecule has 0 bridgehead atoms. The summed E-state index contributed by atoms with van der Waals surface area (Å²) in [6, 6.07) is 16.2.